The number of alkyl halides is 3. The molecule has 33 heavy (non-hydrogen) atoms. The van der Waals surface area contributed by atoms with Gasteiger partial charge in [0.05, 0.1) is 6.10 Å². The zero-order chi connectivity index (χ0) is 23.5. The maximum absolute atomic E-state index is 13.7. The predicted octanol–water partition coefficient (Wildman–Crippen LogP) is 2.52. The zero-order valence-corrected chi connectivity index (χ0v) is 17.9. The summed E-state index contributed by atoms with van der Waals surface area (Å²) in [7, 11) is 0. The highest BCUT2D eigenvalue weighted by Gasteiger charge is 2.39. The van der Waals surface area contributed by atoms with Crippen LogP contribution in [0, 0.1) is 0 Å². The Morgan fingerprint density at radius 3 is 2.36 bits per heavy atom. The molecular weight excluding hydrogens is 441 g/mol. The van der Waals surface area contributed by atoms with E-state index in [1.807, 2.05) is 0 Å². The average molecular weight is 466 g/mol. The van der Waals surface area contributed by atoms with E-state index in [-0.39, 0.29) is 42.6 Å². The summed E-state index contributed by atoms with van der Waals surface area (Å²) in [5.74, 6) is -1.63. The molecule has 1 saturated heterocycles. The van der Waals surface area contributed by atoms with Crippen LogP contribution in [0.4, 0.5) is 13.2 Å². The lowest BCUT2D eigenvalue weighted by molar-refractivity contribution is -0.142. The van der Waals surface area contributed by atoms with Gasteiger partial charge in [-0.1, -0.05) is 0 Å². The SMILES string of the molecule is O=C(c1nn2c(C(F)(F)F)cc(C3CC3)cc2c1O)N1CCN(C2CCC(O)CC2)C(=O)C1. The van der Waals surface area contributed by atoms with E-state index in [1.54, 1.807) is 4.90 Å². The van der Waals surface area contributed by atoms with Gasteiger partial charge >= 0.3 is 6.18 Å². The Balaban J connectivity index is 1.40. The third kappa shape index (κ3) is 4.03. The van der Waals surface area contributed by atoms with Gasteiger partial charge in [0.1, 0.15) is 17.8 Å². The first-order valence-corrected chi connectivity index (χ1v) is 11.2. The molecule has 0 unspecified atom stereocenters. The Hall–Kier alpha value is -2.82. The molecular formula is C22H25F3N4O4. The molecule has 2 N–H and O–H groups in total. The molecule has 3 fully saturated rings. The summed E-state index contributed by atoms with van der Waals surface area (Å²) in [5, 5.41) is 24.1. The van der Waals surface area contributed by atoms with Crippen molar-refractivity contribution in [2.24, 2.45) is 0 Å². The molecule has 5 rings (SSSR count). The van der Waals surface area contributed by atoms with Crippen molar-refractivity contribution in [2.75, 3.05) is 19.6 Å². The molecule has 0 aromatic carbocycles. The molecule has 2 aliphatic carbocycles. The van der Waals surface area contributed by atoms with Gasteiger partial charge in [-0.25, -0.2) is 4.52 Å². The summed E-state index contributed by atoms with van der Waals surface area (Å²) in [5.41, 5.74) is -1.24. The minimum absolute atomic E-state index is 0.0103. The number of piperazine rings is 1. The van der Waals surface area contributed by atoms with Gasteiger partial charge in [0.15, 0.2) is 11.4 Å². The molecule has 0 bridgehead atoms. The number of halogens is 3. The molecule has 0 atom stereocenters. The predicted molar refractivity (Wildman–Crippen MR) is 110 cm³/mol. The van der Waals surface area contributed by atoms with E-state index in [2.05, 4.69) is 5.10 Å². The van der Waals surface area contributed by atoms with Crippen molar-refractivity contribution in [3.63, 3.8) is 0 Å². The maximum Gasteiger partial charge on any atom is 0.433 e. The summed E-state index contributed by atoms with van der Waals surface area (Å²) < 4.78 is 41.6. The third-order valence-corrected chi connectivity index (χ3v) is 6.92. The van der Waals surface area contributed by atoms with Crippen LogP contribution in [0.3, 0.4) is 0 Å². The molecule has 11 heteroatoms. The molecule has 1 aliphatic heterocycles. The fraction of sp³-hybridized carbons (Fsp3) is 0.591. The van der Waals surface area contributed by atoms with Crippen molar-refractivity contribution in [1.82, 2.24) is 19.4 Å². The number of nitrogens with zero attached hydrogens (tertiary/aromatic N) is 4. The number of rotatable bonds is 3. The van der Waals surface area contributed by atoms with Crippen LogP contribution >= 0.6 is 0 Å². The number of pyridine rings is 1. The van der Waals surface area contributed by atoms with Crippen LogP contribution in [0.1, 0.15) is 66.2 Å². The number of aliphatic hydroxyl groups is 1. The number of hydrogen-bond donors (Lipinski definition) is 2. The van der Waals surface area contributed by atoms with E-state index >= 15 is 0 Å². The lowest BCUT2D eigenvalue weighted by Gasteiger charge is -2.41. The van der Waals surface area contributed by atoms with E-state index in [9.17, 15) is 33.0 Å². The van der Waals surface area contributed by atoms with Crippen LogP contribution in [-0.4, -0.2) is 73.2 Å². The Bertz CT molecular complexity index is 1100. The van der Waals surface area contributed by atoms with Crippen molar-refractivity contribution in [1.29, 1.82) is 0 Å². The molecule has 2 aromatic heterocycles. The lowest BCUT2D eigenvalue weighted by atomic mass is 9.91. The molecule has 8 nitrogen and oxygen atoms in total. The second-order valence-electron chi connectivity index (χ2n) is 9.22. The number of aromatic hydroxyl groups is 1. The second kappa shape index (κ2) is 7.89. The van der Waals surface area contributed by atoms with Crippen molar-refractivity contribution in [3.8, 4) is 5.75 Å². The smallest absolute Gasteiger partial charge is 0.433 e. The van der Waals surface area contributed by atoms with Gasteiger partial charge in [-0.15, -0.1) is 0 Å². The van der Waals surface area contributed by atoms with Gasteiger partial charge in [-0.2, -0.15) is 18.3 Å². The zero-order valence-electron chi connectivity index (χ0n) is 17.9. The number of carbonyl (C=O) groups excluding carboxylic acids is 2. The summed E-state index contributed by atoms with van der Waals surface area (Å²) in [6, 6.07) is 2.48. The van der Waals surface area contributed by atoms with E-state index in [0.29, 0.717) is 42.3 Å². The molecule has 2 aromatic rings. The summed E-state index contributed by atoms with van der Waals surface area (Å²) in [6.45, 7) is 0.250. The van der Waals surface area contributed by atoms with Crippen LogP contribution < -0.4 is 0 Å². The largest absolute Gasteiger partial charge is 0.504 e. The highest BCUT2D eigenvalue weighted by Crippen LogP contribution is 2.44. The Morgan fingerprint density at radius 1 is 1.06 bits per heavy atom. The summed E-state index contributed by atoms with van der Waals surface area (Å²) >= 11 is 0. The van der Waals surface area contributed by atoms with Crippen molar-refractivity contribution >= 4 is 17.3 Å². The van der Waals surface area contributed by atoms with E-state index in [4.69, 9.17) is 0 Å². The molecule has 0 spiro atoms. The van der Waals surface area contributed by atoms with Gasteiger partial charge in [0.2, 0.25) is 5.91 Å². The number of aromatic nitrogens is 2. The fourth-order valence-corrected chi connectivity index (χ4v) is 4.92. The maximum atomic E-state index is 13.7. The number of hydrogen-bond acceptors (Lipinski definition) is 5. The van der Waals surface area contributed by atoms with Gasteiger partial charge in [-0.05, 0) is 62.1 Å². The quantitative estimate of drug-likeness (QED) is 0.725. The first kappa shape index (κ1) is 22.0. The van der Waals surface area contributed by atoms with Crippen LogP contribution in [0.5, 0.6) is 5.75 Å². The first-order chi connectivity index (χ1) is 15.6. The van der Waals surface area contributed by atoms with Gasteiger partial charge < -0.3 is 20.0 Å². The first-order valence-electron chi connectivity index (χ1n) is 11.2. The standard InChI is InChI=1S/C22H25F3N4O4/c23-22(24,25)17-10-13(12-1-2-12)9-16-20(32)19(26-29(16)17)21(33)27-7-8-28(18(31)11-27)14-3-5-15(30)6-4-14/h9-10,12,14-15,30,32H,1-8,11H2. The lowest BCUT2D eigenvalue weighted by Crippen LogP contribution is -2.56. The molecule has 3 aliphatic rings. The minimum atomic E-state index is -4.71. The molecule has 3 heterocycles. The summed E-state index contributed by atoms with van der Waals surface area (Å²) in [6.07, 6.45) is -0.875. The normalized spacial score (nSPS) is 24.5. The Kier molecular flexibility index (Phi) is 5.26. The van der Waals surface area contributed by atoms with Gasteiger partial charge in [0.25, 0.3) is 5.91 Å². The monoisotopic (exact) mass is 466 g/mol. The van der Waals surface area contributed by atoms with Gasteiger partial charge in [0, 0.05) is 19.1 Å². The Morgan fingerprint density at radius 2 is 1.76 bits per heavy atom. The van der Waals surface area contributed by atoms with Crippen molar-refractivity contribution in [2.45, 2.75) is 62.8 Å². The third-order valence-electron chi connectivity index (χ3n) is 6.92. The highest BCUT2D eigenvalue weighted by atomic mass is 19.4. The van der Waals surface area contributed by atoms with Gasteiger partial charge in [-0.3, -0.25) is 9.59 Å². The van der Waals surface area contributed by atoms with Crippen molar-refractivity contribution in [3.05, 3.63) is 29.1 Å². The topological polar surface area (TPSA) is 98.4 Å². The number of aliphatic hydroxyl groups excluding tert-OH is 1. The molecule has 2 amide bonds. The fourth-order valence-electron chi connectivity index (χ4n) is 4.92. The highest BCUT2D eigenvalue weighted by molar-refractivity contribution is 5.99. The minimum Gasteiger partial charge on any atom is -0.504 e. The van der Waals surface area contributed by atoms with E-state index < -0.39 is 29.2 Å². The molecule has 178 valence electrons. The number of amides is 2. The van der Waals surface area contributed by atoms with Crippen LogP contribution in [0.2, 0.25) is 0 Å². The second-order valence-corrected chi connectivity index (χ2v) is 9.22. The van der Waals surface area contributed by atoms with Crippen molar-refractivity contribution < 1.29 is 33.0 Å². The number of fused-ring (bicyclic) bond motifs is 1. The van der Waals surface area contributed by atoms with Crippen LogP contribution in [-0.2, 0) is 11.0 Å². The van der Waals surface area contributed by atoms with E-state index in [1.165, 1.54) is 11.0 Å². The Labute approximate surface area is 187 Å². The molecule has 0 radical (unpaired) electrons. The summed E-state index contributed by atoms with van der Waals surface area (Å²) in [4.78, 5) is 28.7. The van der Waals surface area contributed by atoms with Crippen LogP contribution in [0.25, 0.3) is 5.52 Å². The van der Waals surface area contributed by atoms with Crippen LogP contribution in [0.15, 0.2) is 12.1 Å². The van der Waals surface area contributed by atoms with E-state index in [0.717, 1.165) is 18.9 Å². The number of carbonyl (C=O) groups is 2. The average Bonchev–Trinajstić information content (AvgIpc) is 3.57. The molecule has 2 saturated carbocycles.